The molecule has 0 aliphatic carbocycles. The summed E-state index contributed by atoms with van der Waals surface area (Å²) in [4.78, 5) is 17.7. The lowest BCUT2D eigenvalue weighted by Crippen LogP contribution is -2.06. The van der Waals surface area contributed by atoms with Crippen LogP contribution in [0.1, 0.15) is 28.8 Å². The van der Waals surface area contributed by atoms with Crippen molar-refractivity contribution in [2.24, 2.45) is 0 Å². The monoisotopic (exact) mass is 552 g/mol. The Balaban J connectivity index is 1.55. The third-order valence-electron chi connectivity index (χ3n) is 5.69. The van der Waals surface area contributed by atoms with Crippen LogP contribution in [0.15, 0.2) is 127 Å². The Hall–Kier alpha value is -5.20. The van der Waals surface area contributed by atoms with Gasteiger partial charge in [-0.05, 0) is 35.3 Å². The number of aromatic nitrogens is 5. The normalized spacial score (nSPS) is 18.9. The molecule has 0 aliphatic rings. The Labute approximate surface area is 263 Å². The number of hydrogen-bond donors (Lipinski definition) is 0. The van der Waals surface area contributed by atoms with Crippen LogP contribution in [0.3, 0.4) is 0 Å². The lowest BCUT2D eigenvalue weighted by molar-refractivity contribution is 0.952. The molecule has 40 heavy (non-hydrogen) atoms. The number of para-hydroxylation sites is 3. The van der Waals surface area contributed by atoms with Gasteiger partial charge in [-0.2, -0.15) is 9.97 Å². The Morgan fingerprint density at radius 3 is 1.82 bits per heavy atom. The average Bonchev–Trinajstić information content (AvgIpc) is 3.85. The predicted octanol–water partition coefficient (Wildman–Crippen LogP) is 8.58. The maximum Gasteiger partial charge on any atom is 0.238 e. The van der Waals surface area contributed by atoms with Crippen LogP contribution in [-0.2, 0) is 0 Å². The van der Waals surface area contributed by atoms with Gasteiger partial charge < -0.3 is 0 Å². The second kappa shape index (κ2) is 9.22. The number of nitrogens with zero attached hydrogens (tertiary/aromatic N) is 5. The molecule has 0 radical (unpaired) electrons. The highest BCUT2D eigenvalue weighted by atomic mass is 32.1. The summed E-state index contributed by atoms with van der Waals surface area (Å²) >= 11 is 0.685. The van der Waals surface area contributed by atoms with Crippen molar-refractivity contribution in [3.8, 4) is 39.3 Å². The van der Waals surface area contributed by atoms with E-state index in [1.165, 1.54) is 0 Å². The van der Waals surface area contributed by atoms with E-state index in [1.807, 2.05) is 0 Å². The maximum atomic E-state index is 9.10. The molecule has 0 unspecified atom stereocenters. The summed E-state index contributed by atoms with van der Waals surface area (Å²) in [5.41, 5.74) is -3.02. The van der Waals surface area contributed by atoms with Gasteiger partial charge >= 0.3 is 0 Å². The van der Waals surface area contributed by atoms with E-state index in [-0.39, 0.29) is 26.0 Å². The van der Waals surface area contributed by atoms with Crippen molar-refractivity contribution in [2.45, 2.75) is 0 Å². The van der Waals surface area contributed by atoms with Gasteiger partial charge in [-0.1, -0.05) is 103 Å². The predicted molar refractivity (Wildman–Crippen MR) is 164 cm³/mol. The minimum atomic E-state index is -0.888. The zero-order valence-corrected chi connectivity index (χ0v) is 20.5. The van der Waals surface area contributed by atoms with Crippen LogP contribution in [0.5, 0.6) is 0 Å². The van der Waals surface area contributed by atoms with Crippen LogP contribution < -0.4 is 0 Å². The molecule has 0 saturated carbocycles. The fraction of sp³-hybridized carbons (Fsp3) is 0. The summed E-state index contributed by atoms with van der Waals surface area (Å²) in [6.07, 6.45) is 0. The van der Waals surface area contributed by atoms with Crippen molar-refractivity contribution >= 4 is 43.4 Å². The summed E-state index contributed by atoms with van der Waals surface area (Å²) < 4.78 is 181. The molecule has 3 heterocycles. The molecule has 5 aromatic carbocycles. The molecule has 0 aliphatic heterocycles. The molecule has 0 fully saturated rings. The Morgan fingerprint density at radius 1 is 0.500 bits per heavy atom. The van der Waals surface area contributed by atoms with E-state index < -0.39 is 172 Å². The van der Waals surface area contributed by atoms with Crippen LogP contribution in [0.4, 0.5) is 0 Å². The van der Waals surface area contributed by atoms with Crippen molar-refractivity contribution in [3.05, 3.63) is 127 Å². The Bertz CT molecular complexity index is 3170. The van der Waals surface area contributed by atoms with E-state index in [2.05, 4.69) is 19.9 Å². The van der Waals surface area contributed by atoms with E-state index in [1.54, 1.807) is 0 Å². The summed E-state index contributed by atoms with van der Waals surface area (Å²) in [7, 11) is 0. The molecule has 0 spiro atoms. The fourth-order valence-electron chi connectivity index (χ4n) is 3.98. The molecular formula is C34H21N5S. The van der Waals surface area contributed by atoms with E-state index in [0.717, 1.165) is 4.57 Å². The lowest BCUT2D eigenvalue weighted by atomic mass is 10.0. The van der Waals surface area contributed by atoms with Gasteiger partial charge in [-0.3, -0.25) is 4.57 Å². The number of benzene rings is 5. The molecular weight excluding hydrogens is 510 g/mol. The van der Waals surface area contributed by atoms with Crippen LogP contribution >= 0.6 is 11.3 Å². The number of fused-ring (bicyclic) bond motifs is 4. The van der Waals surface area contributed by atoms with Crippen LogP contribution in [0, 0.1) is 0 Å². The zero-order chi connectivity index (χ0) is 44.7. The van der Waals surface area contributed by atoms with Gasteiger partial charge in [0.25, 0.3) is 0 Å². The van der Waals surface area contributed by atoms with E-state index in [4.69, 9.17) is 28.8 Å². The molecule has 8 rings (SSSR count). The van der Waals surface area contributed by atoms with Crippen molar-refractivity contribution in [2.75, 3.05) is 0 Å². The lowest BCUT2D eigenvalue weighted by Gasteiger charge is -2.10. The van der Waals surface area contributed by atoms with Gasteiger partial charge in [0, 0.05) is 16.3 Å². The van der Waals surface area contributed by atoms with E-state index in [0.29, 0.717) is 11.3 Å². The number of rotatable bonds is 4. The largest absolute Gasteiger partial charge is 0.278 e. The molecule has 0 saturated heterocycles. The minimum absolute atomic E-state index is 0.0446. The zero-order valence-electron chi connectivity index (χ0n) is 40.6. The van der Waals surface area contributed by atoms with Gasteiger partial charge in [-0.25, -0.2) is 9.97 Å². The van der Waals surface area contributed by atoms with E-state index >= 15 is 0 Å². The van der Waals surface area contributed by atoms with Gasteiger partial charge in [0.2, 0.25) is 5.95 Å². The van der Waals surface area contributed by atoms with Crippen LogP contribution in [0.25, 0.3) is 71.3 Å². The summed E-state index contributed by atoms with van der Waals surface area (Å²) in [6, 6.07) is -15.6. The standard InChI is InChI=1S/C34H21N5S/c1-2-10-22(11-3-1)23-18-20-24(21-19-23)31-36-32(33-35-27-14-6-9-17-30(27)40-33)38-34(37-31)39-28-15-7-4-12-25(28)26-13-5-8-16-29(26)39/h1-21H/i1D,2D,3D,4D,5D,6D,7D,8D,9D,10D,11D,12D,13D,14D,15D,16D,17D,18D,19D,20D,21D. The average molecular weight is 553 g/mol. The highest BCUT2D eigenvalue weighted by Gasteiger charge is 2.19. The Morgan fingerprint density at radius 2 is 1.07 bits per heavy atom. The molecule has 8 aromatic rings. The summed E-state index contributed by atoms with van der Waals surface area (Å²) in [5, 5.41) is -0.929. The smallest absolute Gasteiger partial charge is 0.238 e. The first-order valence-electron chi connectivity index (χ1n) is 21.9. The number of hydrogen-bond acceptors (Lipinski definition) is 5. The first-order valence-corrected chi connectivity index (χ1v) is 12.2. The topological polar surface area (TPSA) is 56.5 Å². The quantitative estimate of drug-likeness (QED) is 0.219. The number of thiazole rings is 1. The molecule has 188 valence electrons. The third-order valence-corrected chi connectivity index (χ3v) is 6.66. The molecule has 3 aromatic heterocycles. The highest BCUT2D eigenvalue weighted by Crippen LogP contribution is 2.34. The molecule has 0 bridgehead atoms. The second-order valence-electron chi connectivity index (χ2n) is 8.01. The van der Waals surface area contributed by atoms with Gasteiger partial charge in [0.1, 0.15) is 0 Å². The molecule has 0 amide bonds. The second-order valence-corrected chi connectivity index (χ2v) is 9.01. The van der Waals surface area contributed by atoms with Crippen LogP contribution in [0.2, 0.25) is 0 Å². The SMILES string of the molecule is [2H]c1c([2H])c([2H])c(-c2c([2H])c([2H])c(-c3nc(-c4nc5c([2H])c([2H])c([2H])c([2H])c5s4)nc(-n4c5c([2H])c([2H])c([2H])c([2H])c5c5c([2H])c([2H])c([2H])c([2H])c54)n3)c([2H])c2[2H])c([2H])c1[2H]. The maximum absolute atomic E-state index is 9.10. The van der Waals surface area contributed by atoms with E-state index in [9.17, 15) is 0 Å². The molecule has 0 N–H and O–H groups in total. The molecule has 0 atom stereocenters. The first kappa shape index (κ1) is 10.1. The highest BCUT2D eigenvalue weighted by molar-refractivity contribution is 7.21. The van der Waals surface area contributed by atoms with Gasteiger partial charge in [0.05, 0.1) is 50.0 Å². The van der Waals surface area contributed by atoms with Crippen molar-refractivity contribution < 1.29 is 28.8 Å². The first-order chi connectivity index (χ1) is 28.5. The van der Waals surface area contributed by atoms with Crippen molar-refractivity contribution in [1.29, 1.82) is 0 Å². The van der Waals surface area contributed by atoms with Gasteiger partial charge in [0.15, 0.2) is 16.7 Å². The summed E-state index contributed by atoms with van der Waals surface area (Å²) in [6.45, 7) is 0. The molecule has 6 heteroatoms. The summed E-state index contributed by atoms with van der Waals surface area (Å²) in [5.74, 6) is -1.82. The fourth-order valence-corrected chi connectivity index (χ4v) is 4.79. The Kier molecular flexibility index (Phi) is 2.32. The van der Waals surface area contributed by atoms with Crippen molar-refractivity contribution in [1.82, 2.24) is 24.5 Å². The van der Waals surface area contributed by atoms with Crippen molar-refractivity contribution in [3.63, 3.8) is 0 Å². The molecule has 5 nitrogen and oxygen atoms in total. The van der Waals surface area contributed by atoms with Gasteiger partial charge in [-0.15, -0.1) is 11.3 Å². The van der Waals surface area contributed by atoms with Crippen LogP contribution in [-0.4, -0.2) is 24.5 Å². The minimum Gasteiger partial charge on any atom is -0.278 e. The third kappa shape index (κ3) is 3.77.